The van der Waals surface area contributed by atoms with Crippen molar-refractivity contribution in [3.8, 4) is 5.13 Å². The predicted octanol–water partition coefficient (Wildman–Crippen LogP) is 3.95. The first kappa shape index (κ1) is 23.7. The summed E-state index contributed by atoms with van der Waals surface area (Å²) in [5, 5.41) is 21.6. The Labute approximate surface area is 210 Å². The van der Waals surface area contributed by atoms with Gasteiger partial charge in [0.15, 0.2) is 0 Å². The first-order valence-electron chi connectivity index (χ1n) is 12.7. The van der Waals surface area contributed by atoms with Crippen molar-refractivity contribution in [3.63, 3.8) is 0 Å². The highest BCUT2D eigenvalue weighted by Gasteiger charge is 2.30. The second-order valence-corrected chi connectivity index (χ2v) is 10.7. The second kappa shape index (κ2) is 10.7. The smallest absolute Gasteiger partial charge is 0.234 e. The van der Waals surface area contributed by atoms with Crippen LogP contribution in [0.2, 0.25) is 0 Å². The molecule has 5 rings (SSSR count). The number of piperidine rings is 1. The molecule has 186 valence electrons. The zero-order chi connectivity index (χ0) is 24.2. The summed E-state index contributed by atoms with van der Waals surface area (Å²) in [5.74, 6) is 1.74. The topological polar surface area (TPSA) is 101 Å². The van der Waals surface area contributed by atoms with E-state index in [2.05, 4.69) is 42.7 Å². The van der Waals surface area contributed by atoms with E-state index < -0.39 is 0 Å². The number of nitrogens with one attached hydrogen (secondary N) is 2. The number of pyridine rings is 1. The third kappa shape index (κ3) is 5.63. The summed E-state index contributed by atoms with van der Waals surface area (Å²) in [6, 6.07) is 6.32. The summed E-state index contributed by atoms with van der Waals surface area (Å²) in [5.41, 5.74) is 2.12. The van der Waals surface area contributed by atoms with Crippen molar-refractivity contribution in [2.75, 3.05) is 23.3 Å². The number of hydrogen-bond acceptors (Lipinski definition) is 8. The predicted molar refractivity (Wildman–Crippen MR) is 138 cm³/mol. The lowest BCUT2D eigenvalue weighted by Gasteiger charge is -2.34. The van der Waals surface area contributed by atoms with Crippen LogP contribution in [0.1, 0.15) is 56.7 Å². The highest BCUT2D eigenvalue weighted by Crippen LogP contribution is 2.29. The Hall–Kier alpha value is -3.01. The lowest BCUT2D eigenvalue weighted by atomic mass is 9.85. The second-order valence-electron chi connectivity index (χ2n) is 9.81. The Morgan fingerprint density at radius 3 is 2.66 bits per heavy atom. The molecule has 2 atom stereocenters. The van der Waals surface area contributed by atoms with E-state index in [9.17, 15) is 4.79 Å². The number of hydrogen-bond donors (Lipinski definition) is 2. The normalized spacial score (nSPS) is 21.1. The van der Waals surface area contributed by atoms with Crippen LogP contribution in [-0.4, -0.2) is 50.0 Å². The maximum atomic E-state index is 12.9. The first-order chi connectivity index (χ1) is 17.1. The van der Waals surface area contributed by atoms with Crippen LogP contribution in [0.4, 0.5) is 10.9 Å². The first-order valence-corrected chi connectivity index (χ1v) is 13.5. The Kier molecular flexibility index (Phi) is 7.26. The van der Waals surface area contributed by atoms with Crippen LogP contribution in [0, 0.1) is 18.8 Å². The van der Waals surface area contributed by atoms with Gasteiger partial charge in [-0.2, -0.15) is 5.10 Å². The van der Waals surface area contributed by atoms with E-state index in [1.165, 1.54) is 30.6 Å². The molecule has 0 aromatic carbocycles. The van der Waals surface area contributed by atoms with E-state index in [4.69, 9.17) is 0 Å². The molecule has 2 aliphatic rings. The lowest BCUT2D eigenvalue weighted by Crippen LogP contribution is -2.46. The summed E-state index contributed by atoms with van der Waals surface area (Å²) in [6.45, 7) is 6.51. The molecule has 9 nitrogen and oxygen atoms in total. The van der Waals surface area contributed by atoms with Gasteiger partial charge in [0.2, 0.25) is 16.2 Å². The van der Waals surface area contributed by atoms with E-state index in [1.807, 2.05) is 36.0 Å². The standard InChI is InChI=1S/C25H34N8OS/c1-17-7-8-22(26-15-17)27-16-20-9-12-28-33(20)25-31-30-24(35-25)32-13-10-19(11-14-32)23(34)29-21-6-4-3-5-18(21)2/h7-9,12,15,18-19,21H,3-6,10-11,13-14,16H2,1-2H3,(H,26,27)(H,29,34)/t18-,21+/m1/s1. The van der Waals surface area contributed by atoms with Crippen molar-refractivity contribution in [2.24, 2.45) is 11.8 Å². The summed E-state index contributed by atoms with van der Waals surface area (Å²) in [7, 11) is 0. The monoisotopic (exact) mass is 494 g/mol. The van der Waals surface area contributed by atoms with Gasteiger partial charge in [-0.3, -0.25) is 4.79 Å². The van der Waals surface area contributed by atoms with Gasteiger partial charge in [0.1, 0.15) is 5.82 Å². The quantitative estimate of drug-likeness (QED) is 0.513. The molecule has 0 unspecified atom stereocenters. The Bertz CT molecular complexity index is 1120. The molecule has 0 radical (unpaired) electrons. The van der Waals surface area contributed by atoms with Gasteiger partial charge >= 0.3 is 0 Å². The SMILES string of the molecule is Cc1ccc(NCc2ccnn2-c2nnc(N3CCC(C(=O)N[C@H]4CCCC[C@H]4C)CC3)s2)nc1. The maximum Gasteiger partial charge on any atom is 0.234 e. The van der Waals surface area contributed by atoms with Crippen LogP contribution in [0.3, 0.4) is 0 Å². The molecule has 1 saturated carbocycles. The third-order valence-corrected chi connectivity index (χ3v) is 8.20. The fourth-order valence-electron chi connectivity index (χ4n) is 4.98. The van der Waals surface area contributed by atoms with Crippen molar-refractivity contribution in [3.05, 3.63) is 41.9 Å². The number of amides is 1. The van der Waals surface area contributed by atoms with Gasteiger partial charge in [0.25, 0.3) is 0 Å². The van der Waals surface area contributed by atoms with E-state index in [-0.39, 0.29) is 11.8 Å². The summed E-state index contributed by atoms with van der Waals surface area (Å²) >= 11 is 1.53. The third-order valence-electron chi connectivity index (χ3n) is 7.24. The fourth-order valence-corrected chi connectivity index (χ4v) is 5.87. The van der Waals surface area contributed by atoms with Gasteiger partial charge in [-0.25, -0.2) is 9.67 Å². The Balaban J connectivity index is 1.15. The molecule has 3 aromatic rings. The van der Waals surface area contributed by atoms with Crippen molar-refractivity contribution in [2.45, 2.75) is 65.0 Å². The Morgan fingerprint density at radius 1 is 1.09 bits per heavy atom. The molecule has 0 bridgehead atoms. The van der Waals surface area contributed by atoms with Gasteiger partial charge < -0.3 is 15.5 Å². The molecule has 10 heteroatoms. The lowest BCUT2D eigenvalue weighted by molar-refractivity contribution is -0.126. The molecule has 1 aliphatic heterocycles. The average molecular weight is 495 g/mol. The van der Waals surface area contributed by atoms with Crippen molar-refractivity contribution >= 4 is 28.2 Å². The molecular formula is C25H34N8OS. The number of carbonyl (C=O) groups is 1. The molecule has 35 heavy (non-hydrogen) atoms. The molecule has 1 saturated heterocycles. The average Bonchev–Trinajstić information content (AvgIpc) is 3.55. The van der Waals surface area contributed by atoms with Gasteiger partial charge in [-0.05, 0) is 56.2 Å². The molecule has 2 N–H and O–H groups in total. The number of nitrogens with zero attached hydrogens (tertiary/aromatic N) is 6. The van der Waals surface area contributed by atoms with Crippen LogP contribution in [0.25, 0.3) is 5.13 Å². The molecular weight excluding hydrogens is 460 g/mol. The van der Waals surface area contributed by atoms with Crippen LogP contribution in [-0.2, 0) is 11.3 Å². The molecule has 3 aromatic heterocycles. The number of anilines is 2. The Morgan fingerprint density at radius 2 is 1.89 bits per heavy atom. The minimum atomic E-state index is 0.0898. The highest BCUT2D eigenvalue weighted by atomic mass is 32.1. The van der Waals surface area contributed by atoms with Crippen LogP contribution < -0.4 is 15.5 Å². The maximum absolute atomic E-state index is 12.9. The van der Waals surface area contributed by atoms with Gasteiger partial charge in [-0.15, -0.1) is 10.2 Å². The van der Waals surface area contributed by atoms with Crippen molar-refractivity contribution in [1.29, 1.82) is 0 Å². The van der Waals surface area contributed by atoms with Crippen molar-refractivity contribution in [1.82, 2.24) is 30.3 Å². The largest absolute Gasteiger partial charge is 0.364 e. The van der Waals surface area contributed by atoms with Gasteiger partial charge in [-0.1, -0.05) is 37.2 Å². The molecule has 1 aliphatic carbocycles. The van der Waals surface area contributed by atoms with Crippen LogP contribution in [0.15, 0.2) is 30.6 Å². The minimum Gasteiger partial charge on any atom is -0.364 e. The van der Waals surface area contributed by atoms with Crippen LogP contribution in [0.5, 0.6) is 0 Å². The molecule has 0 spiro atoms. The van der Waals surface area contributed by atoms with E-state index >= 15 is 0 Å². The number of carbonyl (C=O) groups excluding carboxylic acids is 1. The van der Waals surface area contributed by atoms with Gasteiger partial charge in [0.05, 0.1) is 12.2 Å². The molecule has 4 heterocycles. The summed E-state index contributed by atoms with van der Waals surface area (Å²) in [6.07, 6.45) is 10.2. The number of rotatable bonds is 7. The van der Waals surface area contributed by atoms with Crippen molar-refractivity contribution < 1.29 is 4.79 Å². The zero-order valence-electron chi connectivity index (χ0n) is 20.5. The van der Waals surface area contributed by atoms with Crippen LogP contribution >= 0.6 is 11.3 Å². The summed E-state index contributed by atoms with van der Waals surface area (Å²) < 4.78 is 1.83. The molecule has 2 fully saturated rings. The zero-order valence-corrected chi connectivity index (χ0v) is 21.3. The summed E-state index contributed by atoms with van der Waals surface area (Å²) in [4.78, 5) is 19.5. The molecule has 1 amide bonds. The van der Waals surface area contributed by atoms with E-state index in [0.717, 1.165) is 59.7 Å². The number of aromatic nitrogens is 5. The van der Waals surface area contributed by atoms with E-state index in [1.54, 1.807) is 6.20 Å². The fraction of sp³-hybridized carbons (Fsp3) is 0.560. The van der Waals surface area contributed by atoms with E-state index in [0.29, 0.717) is 18.5 Å². The van der Waals surface area contributed by atoms with Gasteiger partial charge in [0, 0.05) is 37.4 Å². The highest BCUT2D eigenvalue weighted by molar-refractivity contribution is 7.17. The number of aryl methyl sites for hydroxylation is 1. The minimum absolute atomic E-state index is 0.0898.